The molecule has 2 aromatic rings. The van der Waals surface area contributed by atoms with Gasteiger partial charge in [0.05, 0.1) is 6.54 Å². The predicted molar refractivity (Wildman–Crippen MR) is 107 cm³/mol. The average molecular weight is 392 g/mol. The number of benzene rings is 1. The van der Waals surface area contributed by atoms with Gasteiger partial charge in [0.2, 0.25) is 11.8 Å². The molecule has 0 aliphatic carbocycles. The van der Waals surface area contributed by atoms with Crippen molar-refractivity contribution in [2.75, 3.05) is 26.2 Å². The Kier molecular flexibility index (Phi) is 5.67. The van der Waals surface area contributed by atoms with Crippen LogP contribution in [0.3, 0.4) is 0 Å². The SMILES string of the molecule is O=C(c1ccc(CN2C(=O)CCC2=O)cc1)N1CCN(Cc2cccnc2)CC1. The van der Waals surface area contributed by atoms with E-state index in [4.69, 9.17) is 0 Å². The number of piperazine rings is 1. The molecule has 1 aromatic carbocycles. The van der Waals surface area contributed by atoms with Crippen LogP contribution in [0.4, 0.5) is 0 Å². The number of hydrogen-bond donors (Lipinski definition) is 0. The molecule has 0 saturated carbocycles. The Hall–Kier alpha value is -3.06. The monoisotopic (exact) mass is 392 g/mol. The topological polar surface area (TPSA) is 73.8 Å². The van der Waals surface area contributed by atoms with Gasteiger partial charge in [-0.3, -0.25) is 29.2 Å². The first-order chi connectivity index (χ1) is 14.1. The second-order valence-electron chi connectivity index (χ2n) is 7.50. The number of carbonyl (C=O) groups is 3. The van der Waals surface area contributed by atoms with Crippen molar-refractivity contribution in [2.24, 2.45) is 0 Å². The van der Waals surface area contributed by atoms with Crippen LogP contribution in [-0.4, -0.2) is 63.6 Å². The smallest absolute Gasteiger partial charge is 0.253 e. The summed E-state index contributed by atoms with van der Waals surface area (Å²) in [7, 11) is 0. The second kappa shape index (κ2) is 8.53. The molecule has 7 heteroatoms. The summed E-state index contributed by atoms with van der Waals surface area (Å²) in [6.45, 7) is 4.17. The Labute approximate surface area is 169 Å². The minimum absolute atomic E-state index is 0.0194. The molecule has 4 rings (SSSR count). The van der Waals surface area contributed by atoms with Crippen LogP contribution in [0.15, 0.2) is 48.8 Å². The Bertz CT molecular complexity index is 874. The van der Waals surface area contributed by atoms with E-state index in [1.165, 1.54) is 10.5 Å². The van der Waals surface area contributed by atoms with E-state index in [0.717, 1.165) is 25.2 Å². The molecule has 2 saturated heterocycles. The van der Waals surface area contributed by atoms with E-state index in [9.17, 15) is 14.4 Å². The lowest BCUT2D eigenvalue weighted by atomic mass is 10.1. The number of imide groups is 1. The van der Waals surface area contributed by atoms with E-state index in [-0.39, 0.29) is 24.3 Å². The molecule has 2 aliphatic rings. The maximum atomic E-state index is 12.8. The standard InChI is InChI=1S/C22H24N4O3/c27-20-7-8-21(28)26(20)16-17-3-5-19(6-4-17)22(29)25-12-10-24(11-13-25)15-18-2-1-9-23-14-18/h1-6,9,14H,7-8,10-13,15-16H2. The Balaban J connectivity index is 1.31. The highest BCUT2D eigenvalue weighted by Crippen LogP contribution is 2.17. The molecule has 0 radical (unpaired) electrons. The molecular formula is C22H24N4O3. The quantitative estimate of drug-likeness (QED) is 0.724. The van der Waals surface area contributed by atoms with Crippen LogP contribution in [-0.2, 0) is 22.7 Å². The molecular weight excluding hydrogens is 368 g/mol. The highest BCUT2D eigenvalue weighted by molar-refractivity contribution is 6.01. The Morgan fingerprint density at radius 3 is 2.17 bits per heavy atom. The van der Waals surface area contributed by atoms with Crippen molar-refractivity contribution in [1.29, 1.82) is 0 Å². The first-order valence-corrected chi connectivity index (χ1v) is 9.93. The van der Waals surface area contributed by atoms with Crippen LogP contribution in [0.5, 0.6) is 0 Å². The zero-order chi connectivity index (χ0) is 20.2. The van der Waals surface area contributed by atoms with Crippen molar-refractivity contribution in [1.82, 2.24) is 19.7 Å². The van der Waals surface area contributed by atoms with Crippen molar-refractivity contribution in [3.05, 3.63) is 65.5 Å². The molecule has 3 amide bonds. The van der Waals surface area contributed by atoms with Crippen molar-refractivity contribution >= 4 is 17.7 Å². The number of hydrogen-bond acceptors (Lipinski definition) is 5. The van der Waals surface area contributed by atoms with Gasteiger partial charge in [0.15, 0.2) is 0 Å². The predicted octanol–water partition coefficient (Wildman–Crippen LogP) is 1.69. The maximum Gasteiger partial charge on any atom is 0.253 e. The summed E-state index contributed by atoms with van der Waals surface area (Å²) in [4.78, 5) is 45.9. The van der Waals surface area contributed by atoms with Crippen LogP contribution in [0.2, 0.25) is 0 Å². The molecule has 0 unspecified atom stereocenters. The van der Waals surface area contributed by atoms with Gasteiger partial charge in [0.1, 0.15) is 0 Å². The van der Waals surface area contributed by atoms with Crippen LogP contribution >= 0.6 is 0 Å². The molecule has 0 spiro atoms. The third-order valence-corrected chi connectivity index (χ3v) is 5.48. The van der Waals surface area contributed by atoms with Gasteiger partial charge in [0.25, 0.3) is 5.91 Å². The molecule has 7 nitrogen and oxygen atoms in total. The largest absolute Gasteiger partial charge is 0.336 e. The summed E-state index contributed by atoms with van der Waals surface area (Å²) in [6.07, 6.45) is 4.24. The highest BCUT2D eigenvalue weighted by Gasteiger charge is 2.28. The molecule has 0 bridgehead atoms. The maximum absolute atomic E-state index is 12.8. The van der Waals surface area contributed by atoms with Crippen molar-refractivity contribution < 1.29 is 14.4 Å². The number of rotatable bonds is 5. The van der Waals surface area contributed by atoms with E-state index in [0.29, 0.717) is 31.5 Å². The minimum atomic E-state index is -0.126. The lowest BCUT2D eigenvalue weighted by Gasteiger charge is -2.34. The molecule has 0 atom stereocenters. The summed E-state index contributed by atoms with van der Waals surface area (Å²) in [5.41, 5.74) is 2.66. The fourth-order valence-corrected chi connectivity index (χ4v) is 3.78. The van der Waals surface area contributed by atoms with Gasteiger partial charge >= 0.3 is 0 Å². The molecule has 2 fully saturated rings. The van der Waals surface area contributed by atoms with Crippen LogP contribution in [0, 0.1) is 0 Å². The summed E-state index contributed by atoms with van der Waals surface area (Å²) in [6, 6.07) is 11.2. The van der Waals surface area contributed by atoms with E-state index >= 15 is 0 Å². The van der Waals surface area contributed by atoms with Crippen molar-refractivity contribution in [3.8, 4) is 0 Å². The number of amides is 3. The first kappa shape index (κ1) is 19.3. The molecule has 2 aliphatic heterocycles. The summed E-state index contributed by atoms with van der Waals surface area (Å²) in [5.74, 6) is -0.232. The fourth-order valence-electron chi connectivity index (χ4n) is 3.78. The number of carbonyl (C=O) groups excluding carboxylic acids is 3. The molecule has 3 heterocycles. The number of nitrogens with zero attached hydrogens (tertiary/aromatic N) is 4. The highest BCUT2D eigenvalue weighted by atomic mass is 16.2. The van der Waals surface area contributed by atoms with Gasteiger partial charge in [-0.1, -0.05) is 18.2 Å². The summed E-state index contributed by atoms with van der Waals surface area (Å²) in [5, 5.41) is 0. The lowest BCUT2D eigenvalue weighted by Crippen LogP contribution is -2.48. The van der Waals surface area contributed by atoms with Gasteiger partial charge in [-0.25, -0.2) is 0 Å². The zero-order valence-corrected chi connectivity index (χ0v) is 16.3. The Morgan fingerprint density at radius 1 is 0.862 bits per heavy atom. The number of aromatic nitrogens is 1. The number of likely N-dealkylation sites (tertiary alicyclic amines) is 1. The van der Waals surface area contributed by atoms with Crippen LogP contribution < -0.4 is 0 Å². The molecule has 29 heavy (non-hydrogen) atoms. The fraction of sp³-hybridized carbons (Fsp3) is 0.364. The van der Waals surface area contributed by atoms with Gasteiger partial charge in [0, 0.05) is 63.5 Å². The van der Waals surface area contributed by atoms with Gasteiger partial charge in [-0.15, -0.1) is 0 Å². The van der Waals surface area contributed by atoms with E-state index in [1.807, 2.05) is 29.3 Å². The van der Waals surface area contributed by atoms with Crippen molar-refractivity contribution in [3.63, 3.8) is 0 Å². The second-order valence-corrected chi connectivity index (χ2v) is 7.50. The first-order valence-electron chi connectivity index (χ1n) is 9.93. The average Bonchev–Trinajstić information content (AvgIpc) is 3.07. The molecule has 150 valence electrons. The zero-order valence-electron chi connectivity index (χ0n) is 16.3. The van der Waals surface area contributed by atoms with Crippen molar-refractivity contribution in [2.45, 2.75) is 25.9 Å². The van der Waals surface area contributed by atoms with Gasteiger partial charge in [-0.05, 0) is 29.3 Å². The molecule has 0 N–H and O–H groups in total. The van der Waals surface area contributed by atoms with E-state index in [1.54, 1.807) is 18.3 Å². The summed E-state index contributed by atoms with van der Waals surface area (Å²) < 4.78 is 0. The lowest BCUT2D eigenvalue weighted by molar-refractivity contribution is -0.139. The third kappa shape index (κ3) is 4.51. The molecule has 1 aromatic heterocycles. The van der Waals surface area contributed by atoms with Crippen LogP contribution in [0.1, 0.15) is 34.3 Å². The van der Waals surface area contributed by atoms with Crippen LogP contribution in [0.25, 0.3) is 0 Å². The minimum Gasteiger partial charge on any atom is -0.336 e. The van der Waals surface area contributed by atoms with E-state index < -0.39 is 0 Å². The summed E-state index contributed by atoms with van der Waals surface area (Å²) >= 11 is 0. The normalized spacial score (nSPS) is 17.8. The number of pyridine rings is 1. The van der Waals surface area contributed by atoms with Gasteiger partial charge in [-0.2, -0.15) is 0 Å². The Morgan fingerprint density at radius 2 is 1.55 bits per heavy atom. The third-order valence-electron chi connectivity index (χ3n) is 5.48. The van der Waals surface area contributed by atoms with E-state index in [2.05, 4.69) is 16.0 Å². The van der Waals surface area contributed by atoms with Gasteiger partial charge < -0.3 is 4.90 Å².